The van der Waals surface area contributed by atoms with Crippen LogP contribution in [0.3, 0.4) is 0 Å². The summed E-state index contributed by atoms with van der Waals surface area (Å²) < 4.78 is 26.8. The molecule has 0 atom stereocenters. The monoisotopic (exact) mass is 363 g/mol. The average molecular weight is 363 g/mol. The highest BCUT2D eigenvalue weighted by atomic mass is 32.2. The fourth-order valence-corrected chi connectivity index (χ4v) is 3.62. The van der Waals surface area contributed by atoms with Crippen molar-refractivity contribution in [3.8, 4) is 0 Å². The van der Waals surface area contributed by atoms with Crippen molar-refractivity contribution in [2.24, 2.45) is 0 Å². The largest absolute Gasteiger partial charge is 0.345 e. The lowest BCUT2D eigenvalue weighted by Gasteiger charge is -2.16. The molecule has 0 aromatic carbocycles. The molecule has 2 aromatic heterocycles. The number of pyridine rings is 1. The number of aromatic nitrogens is 3. The number of aryl methyl sites for hydroxylation is 2. The lowest BCUT2D eigenvalue weighted by Crippen LogP contribution is -2.29. The number of sulfonamides is 1. The van der Waals surface area contributed by atoms with Gasteiger partial charge < -0.3 is 5.32 Å². The Morgan fingerprint density at radius 1 is 1.32 bits per heavy atom. The lowest BCUT2D eigenvalue weighted by atomic mass is 10.3. The van der Waals surface area contributed by atoms with Gasteiger partial charge >= 0.3 is 0 Å². The summed E-state index contributed by atoms with van der Waals surface area (Å²) in [5, 5.41) is 7.27. The summed E-state index contributed by atoms with van der Waals surface area (Å²) in [4.78, 5) is 16.3. The Morgan fingerprint density at radius 2 is 2.12 bits per heavy atom. The van der Waals surface area contributed by atoms with E-state index in [0.717, 1.165) is 11.4 Å². The molecule has 25 heavy (non-hydrogen) atoms. The first-order valence-corrected chi connectivity index (χ1v) is 9.90. The maximum absolute atomic E-state index is 12.2. The number of fused-ring (bicyclic) bond motifs is 1. The molecular weight excluding hydrogens is 342 g/mol. The highest BCUT2D eigenvalue weighted by Gasteiger charge is 2.22. The van der Waals surface area contributed by atoms with Crippen LogP contribution in [0.1, 0.15) is 34.0 Å². The number of amides is 1. The third kappa shape index (κ3) is 4.23. The van der Waals surface area contributed by atoms with Crippen LogP contribution < -0.4 is 5.32 Å². The fraction of sp³-hybridized carbons (Fsp3) is 0.438. The van der Waals surface area contributed by atoms with E-state index in [-0.39, 0.29) is 12.5 Å². The zero-order chi connectivity index (χ0) is 18.0. The van der Waals surface area contributed by atoms with Crippen LogP contribution in [-0.4, -0.2) is 46.2 Å². The van der Waals surface area contributed by atoms with Gasteiger partial charge in [0.2, 0.25) is 10.0 Å². The molecule has 1 aliphatic heterocycles. The van der Waals surface area contributed by atoms with Crippen LogP contribution in [-0.2, 0) is 29.7 Å². The number of carbonyl (C=O) groups is 1. The summed E-state index contributed by atoms with van der Waals surface area (Å²) in [5.41, 5.74) is 2.68. The summed E-state index contributed by atoms with van der Waals surface area (Å²) in [6, 6.07) is 7.12. The average Bonchev–Trinajstić information content (AvgIpc) is 2.81. The van der Waals surface area contributed by atoms with Crippen molar-refractivity contribution in [3.63, 3.8) is 0 Å². The molecule has 1 amide bonds. The van der Waals surface area contributed by atoms with Crippen LogP contribution >= 0.6 is 0 Å². The molecule has 8 nitrogen and oxygen atoms in total. The Labute approximate surface area is 146 Å². The standard InChI is InChI=1S/C16H21N5O3S/c1-12-5-3-6-15(18-12)16(22)17-10-13-9-14-11-20(25(2,23)24)7-4-8-21(14)19-13/h3,5-6,9H,4,7-8,10-11H2,1-2H3,(H,17,22). The summed E-state index contributed by atoms with van der Waals surface area (Å²) in [6.07, 6.45) is 1.93. The van der Waals surface area contributed by atoms with Gasteiger partial charge in [0.1, 0.15) is 5.69 Å². The molecule has 2 aromatic rings. The van der Waals surface area contributed by atoms with Gasteiger partial charge in [-0.05, 0) is 31.5 Å². The number of nitrogens with zero attached hydrogens (tertiary/aromatic N) is 4. The Hall–Kier alpha value is -2.26. The van der Waals surface area contributed by atoms with E-state index in [4.69, 9.17) is 0 Å². The topological polar surface area (TPSA) is 97.2 Å². The minimum absolute atomic E-state index is 0.260. The number of nitrogens with one attached hydrogen (secondary N) is 1. The smallest absolute Gasteiger partial charge is 0.270 e. The first-order chi connectivity index (χ1) is 11.8. The van der Waals surface area contributed by atoms with Gasteiger partial charge in [-0.1, -0.05) is 6.07 Å². The summed E-state index contributed by atoms with van der Waals surface area (Å²) in [7, 11) is -3.23. The second-order valence-electron chi connectivity index (χ2n) is 6.15. The van der Waals surface area contributed by atoms with Crippen LogP contribution in [0.15, 0.2) is 24.3 Å². The molecule has 0 radical (unpaired) electrons. The number of hydrogen-bond acceptors (Lipinski definition) is 5. The zero-order valence-electron chi connectivity index (χ0n) is 14.3. The molecule has 3 rings (SSSR count). The Morgan fingerprint density at radius 3 is 2.84 bits per heavy atom. The van der Waals surface area contributed by atoms with E-state index in [1.807, 2.05) is 23.7 Å². The van der Waals surface area contributed by atoms with Gasteiger partial charge in [0, 0.05) is 18.8 Å². The first-order valence-electron chi connectivity index (χ1n) is 8.05. The summed E-state index contributed by atoms with van der Waals surface area (Å²) >= 11 is 0. The molecule has 3 heterocycles. The molecule has 0 bridgehead atoms. The maximum atomic E-state index is 12.2. The SMILES string of the molecule is Cc1cccc(C(=O)NCc2cc3n(n2)CCCN(S(C)(=O)=O)C3)n1. The van der Waals surface area contributed by atoms with E-state index in [9.17, 15) is 13.2 Å². The maximum Gasteiger partial charge on any atom is 0.270 e. The molecule has 1 N–H and O–H groups in total. The normalized spacial score (nSPS) is 15.4. The fourth-order valence-electron chi connectivity index (χ4n) is 2.79. The minimum atomic E-state index is -3.23. The molecule has 1 aliphatic rings. The van der Waals surface area contributed by atoms with Crippen LogP contribution in [0, 0.1) is 6.92 Å². The van der Waals surface area contributed by atoms with Crippen LogP contribution in [0.5, 0.6) is 0 Å². The molecule has 134 valence electrons. The molecule has 0 saturated carbocycles. The van der Waals surface area contributed by atoms with Gasteiger partial charge in [-0.2, -0.15) is 9.40 Å². The van der Waals surface area contributed by atoms with Crippen LogP contribution in [0.2, 0.25) is 0 Å². The van der Waals surface area contributed by atoms with Crippen molar-refractivity contribution in [1.29, 1.82) is 0 Å². The zero-order valence-corrected chi connectivity index (χ0v) is 15.1. The number of rotatable bonds is 4. The number of carbonyl (C=O) groups excluding carboxylic acids is 1. The van der Waals surface area contributed by atoms with E-state index in [1.54, 1.807) is 12.1 Å². The van der Waals surface area contributed by atoms with E-state index in [2.05, 4.69) is 15.4 Å². The van der Waals surface area contributed by atoms with Gasteiger partial charge in [0.25, 0.3) is 5.91 Å². The summed E-state index contributed by atoms with van der Waals surface area (Å²) in [5.74, 6) is -0.260. The molecule has 0 saturated heterocycles. The first kappa shape index (κ1) is 17.6. The van der Waals surface area contributed by atoms with E-state index >= 15 is 0 Å². The predicted octanol–water partition coefficient (Wildman–Crippen LogP) is 0.682. The molecular formula is C16H21N5O3S. The molecule has 9 heteroatoms. The van der Waals surface area contributed by atoms with Crippen molar-refractivity contribution in [2.45, 2.75) is 33.0 Å². The quantitative estimate of drug-likeness (QED) is 0.862. The van der Waals surface area contributed by atoms with Gasteiger partial charge in [-0.15, -0.1) is 0 Å². The second kappa shape index (κ2) is 6.93. The Bertz CT molecular complexity index is 891. The van der Waals surface area contributed by atoms with E-state index in [1.165, 1.54) is 10.6 Å². The number of hydrogen-bond donors (Lipinski definition) is 1. The predicted molar refractivity (Wildman–Crippen MR) is 92.2 cm³/mol. The molecule has 0 aliphatic carbocycles. The minimum Gasteiger partial charge on any atom is -0.345 e. The molecule has 0 fully saturated rings. The van der Waals surface area contributed by atoms with Gasteiger partial charge in [-0.3, -0.25) is 9.48 Å². The van der Waals surface area contributed by atoms with Gasteiger partial charge in [-0.25, -0.2) is 13.4 Å². The van der Waals surface area contributed by atoms with E-state index in [0.29, 0.717) is 37.4 Å². The Balaban J connectivity index is 1.68. The van der Waals surface area contributed by atoms with Crippen molar-refractivity contribution >= 4 is 15.9 Å². The second-order valence-corrected chi connectivity index (χ2v) is 8.13. The molecule has 0 unspecified atom stereocenters. The summed E-state index contributed by atoms with van der Waals surface area (Å²) in [6.45, 7) is 3.56. The van der Waals surface area contributed by atoms with Crippen molar-refractivity contribution in [1.82, 2.24) is 24.4 Å². The molecule has 0 spiro atoms. The lowest BCUT2D eigenvalue weighted by molar-refractivity contribution is 0.0945. The van der Waals surface area contributed by atoms with Crippen molar-refractivity contribution in [2.75, 3.05) is 12.8 Å². The van der Waals surface area contributed by atoms with Gasteiger partial charge in [0.05, 0.1) is 30.7 Å². The van der Waals surface area contributed by atoms with Crippen LogP contribution in [0.4, 0.5) is 0 Å². The Kier molecular flexibility index (Phi) is 4.87. The highest BCUT2D eigenvalue weighted by Crippen LogP contribution is 2.16. The third-order valence-electron chi connectivity index (χ3n) is 4.05. The highest BCUT2D eigenvalue weighted by molar-refractivity contribution is 7.88. The van der Waals surface area contributed by atoms with Crippen molar-refractivity contribution in [3.05, 3.63) is 47.0 Å². The van der Waals surface area contributed by atoms with Crippen LogP contribution in [0.25, 0.3) is 0 Å². The third-order valence-corrected chi connectivity index (χ3v) is 5.30. The van der Waals surface area contributed by atoms with Crippen molar-refractivity contribution < 1.29 is 13.2 Å². The van der Waals surface area contributed by atoms with Gasteiger partial charge in [0.15, 0.2) is 0 Å². The van der Waals surface area contributed by atoms with E-state index < -0.39 is 10.0 Å².